The maximum atomic E-state index is 12.8. The average Bonchev–Trinajstić information content (AvgIpc) is 3.14. The van der Waals surface area contributed by atoms with E-state index in [4.69, 9.17) is 4.74 Å². The van der Waals surface area contributed by atoms with Crippen molar-refractivity contribution < 1.29 is 14.3 Å². The highest BCUT2D eigenvalue weighted by atomic mass is 79.9. The van der Waals surface area contributed by atoms with Gasteiger partial charge in [-0.3, -0.25) is 14.9 Å². The largest absolute Gasteiger partial charge is 0.383 e. The van der Waals surface area contributed by atoms with Crippen LogP contribution in [0.15, 0.2) is 30.6 Å². The van der Waals surface area contributed by atoms with Crippen molar-refractivity contribution in [3.8, 4) is 0 Å². The molecule has 170 valence electrons. The van der Waals surface area contributed by atoms with Gasteiger partial charge in [-0.1, -0.05) is 15.9 Å². The van der Waals surface area contributed by atoms with Gasteiger partial charge in [0.25, 0.3) is 5.91 Å². The molecular formula is C21H26BrN7O3. The number of halogens is 1. The van der Waals surface area contributed by atoms with Crippen LogP contribution in [0.1, 0.15) is 24.2 Å². The number of benzene rings is 1. The Balaban J connectivity index is 1.87. The Morgan fingerprint density at radius 1 is 1.16 bits per heavy atom. The molecular weight excluding hydrogens is 478 g/mol. The minimum atomic E-state index is -0.363. The number of amides is 2. The summed E-state index contributed by atoms with van der Waals surface area (Å²) in [5.74, 6) is 0.429. The maximum Gasteiger partial charge on any atom is 0.261 e. The van der Waals surface area contributed by atoms with E-state index in [-0.39, 0.29) is 17.1 Å². The van der Waals surface area contributed by atoms with Crippen LogP contribution in [0.25, 0.3) is 11.0 Å². The van der Waals surface area contributed by atoms with Crippen LogP contribution in [0, 0.1) is 0 Å². The third kappa shape index (κ3) is 5.40. The molecule has 11 heteroatoms. The zero-order valence-corrected chi connectivity index (χ0v) is 19.8. The fourth-order valence-electron chi connectivity index (χ4n) is 3.19. The Morgan fingerprint density at radius 3 is 2.50 bits per heavy atom. The van der Waals surface area contributed by atoms with Crippen molar-refractivity contribution in [3.05, 3.63) is 36.2 Å². The summed E-state index contributed by atoms with van der Waals surface area (Å²) in [6.45, 7) is 6.54. The molecule has 0 aliphatic rings. The van der Waals surface area contributed by atoms with Crippen LogP contribution < -0.4 is 15.5 Å². The monoisotopic (exact) mass is 503 g/mol. The van der Waals surface area contributed by atoms with E-state index >= 15 is 0 Å². The summed E-state index contributed by atoms with van der Waals surface area (Å²) < 4.78 is 7.07. The number of nitrogens with one attached hydrogen (secondary N) is 2. The number of hydrogen-bond acceptors (Lipinski definition) is 7. The Hall–Kier alpha value is -3.05. The highest BCUT2D eigenvalue weighted by molar-refractivity contribution is 9.09. The van der Waals surface area contributed by atoms with Gasteiger partial charge in [-0.25, -0.2) is 15.0 Å². The molecule has 0 unspecified atom stereocenters. The van der Waals surface area contributed by atoms with Crippen molar-refractivity contribution in [2.75, 3.05) is 47.7 Å². The second kappa shape index (κ2) is 11.0. The molecule has 0 bridgehead atoms. The Labute approximate surface area is 194 Å². The van der Waals surface area contributed by atoms with E-state index < -0.39 is 0 Å². The number of rotatable bonds is 10. The van der Waals surface area contributed by atoms with Crippen molar-refractivity contribution in [1.82, 2.24) is 19.5 Å². The molecule has 1 aromatic carbocycles. The summed E-state index contributed by atoms with van der Waals surface area (Å²) in [5.41, 5.74) is 2.40. The molecule has 0 radical (unpaired) electrons. The number of nitrogens with zero attached hydrogens (tertiary/aromatic N) is 5. The van der Waals surface area contributed by atoms with Gasteiger partial charge in [0.05, 0.1) is 28.5 Å². The summed E-state index contributed by atoms with van der Waals surface area (Å²) in [6.07, 6.45) is 3.01. The number of fused-ring (bicyclic) bond motifs is 1. The minimum absolute atomic E-state index is 0.162. The van der Waals surface area contributed by atoms with E-state index in [1.807, 2.05) is 29.4 Å². The van der Waals surface area contributed by atoms with Crippen LogP contribution >= 0.6 is 15.9 Å². The standard InChI is InChI=1S/C21H26BrN7O3/c1-4-28(5-2)20-23-12-14(13-24-20)19(31)27-21-26-16-10-15(25-18(30)11-22)6-7-17(16)29(21)8-9-32-3/h6-7,10,12-13H,4-5,8-9,11H2,1-3H3,(H,25,30)(H,26,27,31). The molecule has 3 rings (SSSR count). The second-order valence-corrected chi connectivity index (χ2v) is 7.42. The summed E-state index contributed by atoms with van der Waals surface area (Å²) in [7, 11) is 1.61. The molecule has 32 heavy (non-hydrogen) atoms. The number of methoxy groups -OCH3 is 1. The van der Waals surface area contributed by atoms with Gasteiger partial charge in [0, 0.05) is 44.8 Å². The first-order valence-electron chi connectivity index (χ1n) is 10.2. The maximum absolute atomic E-state index is 12.8. The van der Waals surface area contributed by atoms with Crippen molar-refractivity contribution in [2.24, 2.45) is 0 Å². The molecule has 0 saturated carbocycles. The number of alkyl halides is 1. The third-order valence-electron chi connectivity index (χ3n) is 4.84. The summed E-state index contributed by atoms with van der Waals surface area (Å²) in [5, 5.41) is 5.82. The van der Waals surface area contributed by atoms with Crippen molar-refractivity contribution in [3.63, 3.8) is 0 Å². The second-order valence-electron chi connectivity index (χ2n) is 6.86. The molecule has 0 aliphatic carbocycles. The fourth-order valence-corrected chi connectivity index (χ4v) is 3.33. The predicted octanol–water partition coefficient (Wildman–Crippen LogP) is 2.90. The first-order chi connectivity index (χ1) is 15.5. The molecule has 0 saturated heterocycles. The quantitative estimate of drug-likeness (QED) is 0.408. The van der Waals surface area contributed by atoms with E-state index in [1.165, 1.54) is 12.4 Å². The van der Waals surface area contributed by atoms with E-state index in [1.54, 1.807) is 19.2 Å². The van der Waals surface area contributed by atoms with Gasteiger partial charge < -0.3 is 19.5 Å². The number of carbonyl (C=O) groups is 2. The van der Waals surface area contributed by atoms with Crippen LogP contribution in [0.2, 0.25) is 0 Å². The lowest BCUT2D eigenvalue weighted by molar-refractivity contribution is -0.113. The van der Waals surface area contributed by atoms with Crippen molar-refractivity contribution >= 4 is 56.4 Å². The highest BCUT2D eigenvalue weighted by Gasteiger charge is 2.16. The van der Waals surface area contributed by atoms with Gasteiger partial charge in [0.1, 0.15) is 0 Å². The lowest BCUT2D eigenvalue weighted by atomic mass is 10.2. The number of imidazole rings is 1. The van der Waals surface area contributed by atoms with Crippen LogP contribution in [0.3, 0.4) is 0 Å². The van der Waals surface area contributed by atoms with E-state index in [2.05, 4.69) is 41.5 Å². The molecule has 10 nitrogen and oxygen atoms in total. The minimum Gasteiger partial charge on any atom is -0.383 e. The molecule has 2 N–H and O–H groups in total. The van der Waals surface area contributed by atoms with E-state index in [0.29, 0.717) is 41.8 Å². The summed E-state index contributed by atoms with van der Waals surface area (Å²) in [4.78, 5) is 39.7. The van der Waals surface area contributed by atoms with Crippen LogP contribution in [0.4, 0.5) is 17.6 Å². The molecule has 0 atom stereocenters. The van der Waals surface area contributed by atoms with Gasteiger partial charge in [0.15, 0.2) is 0 Å². The van der Waals surface area contributed by atoms with Crippen LogP contribution in [-0.4, -0.2) is 63.5 Å². The van der Waals surface area contributed by atoms with Gasteiger partial charge in [-0.05, 0) is 32.0 Å². The summed E-state index contributed by atoms with van der Waals surface area (Å²) >= 11 is 3.13. The van der Waals surface area contributed by atoms with Gasteiger partial charge in [0.2, 0.25) is 17.8 Å². The number of anilines is 3. The van der Waals surface area contributed by atoms with Crippen molar-refractivity contribution in [2.45, 2.75) is 20.4 Å². The molecule has 2 aromatic heterocycles. The van der Waals surface area contributed by atoms with E-state index in [9.17, 15) is 9.59 Å². The normalized spacial score (nSPS) is 10.9. The lowest BCUT2D eigenvalue weighted by Crippen LogP contribution is -2.24. The number of hydrogen-bond donors (Lipinski definition) is 2. The SMILES string of the molecule is CCN(CC)c1ncc(C(=O)Nc2nc3cc(NC(=O)CBr)ccc3n2CCOC)cn1. The number of carbonyl (C=O) groups excluding carboxylic acids is 2. The van der Waals surface area contributed by atoms with Crippen LogP contribution in [-0.2, 0) is 16.1 Å². The Morgan fingerprint density at radius 2 is 1.88 bits per heavy atom. The molecule has 3 aromatic rings. The first-order valence-corrected chi connectivity index (χ1v) is 11.4. The molecule has 0 spiro atoms. The van der Waals surface area contributed by atoms with Gasteiger partial charge >= 0.3 is 0 Å². The van der Waals surface area contributed by atoms with Gasteiger partial charge in [-0.2, -0.15) is 0 Å². The lowest BCUT2D eigenvalue weighted by Gasteiger charge is -2.18. The Bertz CT molecular complexity index is 1080. The predicted molar refractivity (Wildman–Crippen MR) is 128 cm³/mol. The number of ether oxygens (including phenoxy) is 1. The first kappa shape index (κ1) is 23.6. The smallest absolute Gasteiger partial charge is 0.261 e. The zero-order chi connectivity index (χ0) is 23.1. The third-order valence-corrected chi connectivity index (χ3v) is 5.35. The molecule has 2 heterocycles. The summed E-state index contributed by atoms with van der Waals surface area (Å²) in [6, 6.07) is 5.40. The van der Waals surface area contributed by atoms with Crippen molar-refractivity contribution in [1.29, 1.82) is 0 Å². The Kier molecular flexibility index (Phi) is 8.12. The topological polar surface area (TPSA) is 114 Å². The molecule has 2 amide bonds. The number of aromatic nitrogens is 4. The van der Waals surface area contributed by atoms with E-state index in [0.717, 1.165) is 18.6 Å². The molecule has 0 aliphatic heterocycles. The van der Waals surface area contributed by atoms with Gasteiger partial charge in [-0.15, -0.1) is 0 Å². The fraction of sp³-hybridized carbons (Fsp3) is 0.381. The highest BCUT2D eigenvalue weighted by Crippen LogP contribution is 2.24. The average molecular weight is 504 g/mol. The molecule has 0 fully saturated rings. The zero-order valence-electron chi connectivity index (χ0n) is 18.3. The van der Waals surface area contributed by atoms with Crippen LogP contribution in [0.5, 0.6) is 0 Å².